The highest BCUT2D eigenvalue weighted by molar-refractivity contribution is 5.90. The second-order valence-electron chi connectivity index (χ2n) is 9.87. The Morgan fingerprint density at radius 3 is 2.75 bits per heavy atom. The maximum absolute atomic E-state index is 12.8. The summed E-state index contributed by atoms with van der Waals surface area (Å²) >= 11 is 0. The van der Waals surface area contributed by atoms with Gasteiger partial charge in [-0.3, -0.25) is 4.79 Å². The second kappa shape index (κ2) is 4.83. The SMILES string of the molecule is C[N@+]1(CC2CC2)CC[C@]23c4c5cc(O)c(O)c4O[C@H]2C(=O)CC[C@@]3(O)[C@H]1C5O. The Morgan fingerprint density at radius 1 is 1.29 bits per heavy atom. The number of benzene rings is 1. The van der Waals surface area contributed by atoms with Crippen LogP contribution in [0.5, 0.6) is 17.2 Å². The molecule has 4 N–H and O–H groups in total. The summed E-state index contributed by atoms with van der Waals surface area (Å²) in [6, 6.07) is 0.897. The first-order valence-corrected chi connectivity index (χ1v) is 10.3. The van der Waals surface area contributed by atoms with E-state index in [-0.39, 0.29) is 30.1 Å². The molecule has 1 unspecified atom stereocenters. The molecule has 7 heteroatoms. The lowest BCUT2D eigenvalue weighted by Crippen LogP contribution is -2.81. The number of carbonyl (C=O) groups excluding carboxylic acids is 1. The number of likely N-dealkylation sites (tertiary alicyclic amines) is 1. The minimum Gasteiger partial charge on any atom is -0.504 e. The van der Waals surface area contributed by atoms with E-state index in [1.807, 2.05) is 0 Å². The van der Waals surface area contributed by atoms with Crippen molar-refractivity contribution in [3.63, 3.8) is 0 Å². The van der Waals surface area contributed by atoms with Crippen LogP contribution in [0.3, 0.4) is 0 Å². The van der Waals surface area contributed by atoms with E-state index in [0.29, 0.717) is 27.9 Å². The van der Waals surface area contributed by atoms with Gasteiger partial charge >= 0.3 is 0 Å². The van der Waals surface area contributed by atoms with E-state index in [1.165, 1.54) is 18.9 Å². The number of carbonyl (C=O) groups is 1. The van der Waals surface area contributed by atoms with Crippen LogP contribution in [-0.2, 0) is 10.2 Å². The van der Waals surface area contributed by atoms with Crippen molar-refractivity contribution in [3.05, 3.63) is 17.2 Å². The first-order valence-electron chi connectivity index (χ1n) is 10.3. The lowest BCUT2D eigenvalue weighted by Gasteiger charge is -2.65. The monoisotopic (exact) mass is 388 g/mol. The fourth-order valence-corrected chi connectivity index (χ4v) is 7.10. The average molecular weight is 388 g/mol. The Bertz CT molecular complexity index is 928. The van der Waals surface area contributed by atoms with Crippen LogP contribution in [-0.4, -0.2) is 68.6 Å². The first kappa shape index (κ1) is 17.1. The summed E-state index contributed by atoms with van der Waals surface area (Å²) in [4.78, 5) is 12.8. The van der Waals surface area contributed by atoms with Crippen LogP contribution >= 0.6 is 0 Å². The number of Topliss-reactive ketones (excluding diaryl/α,β-unsaturated/α-hetero) is 1. The quantitative estimate of drug-likeness (QED) is 0.442. The number of quaternary nitrogens is 1. The number of ketones is 1. The highest BCUT2D eigenvalue weighted by Crippen LogP contribution is 2.68. The third-order valence-corrected chi connectivity index (χ3v) is 8.38. The third-order valence-electron chi connectivity index (χ3n) is 8.38. The van der Waals surface area contributed by atoms with Crippen LogP contribution in [0.25, 0.3) is 0 Å². The number of hydrogen-bond acceptors (Lipinski definition) is 6. The molecule has 150 valence electrons. The number of nitrogens with zero attached hydrogens (tertiary/aromatic N) is 1. The highest BCUT2D eigenvalue weighted by atomic mass is 16.5. The van der Waals surface area contributed by atoms with E-state index < -0.39 is 35.0 Å². The molecule has 2 heterocycles. The van der Waals surface area contributed by atoms with Gasteiger partial charge in [0.25, 0.3) is 0 Å². The zero-order valence-corrected chi connectivity index (χ0v) is 15.9. The molecule has 6 rings (SSSR count). The maximum atomic E-state index is 12.8. The molecule has 5 aliphatic rings. The number of rotatable bonds is 2. The van der Waals surface area contributed by atoms with Crippen LogP contribution in [0.1, 0.15) is 49.3 Å². The van der Waals surface area contributed by atoms with Crippen LogP contribution in [0.15, 0.2) is 6.07 Å². The van der Waals surface area contributed by atoms with E-state index in [2.05, 4.69) is 7.05 Å². The van der Waals surface area contributed by atoms with Crippen molar-refractivity contribution in [1.29, 1.82) is 0 Å². The van der Waals surface area contributed by atoms with Crippen molar-refractivity contribution >= 4 is 5.78 Å². The van der Waals surface area contributed by atoms with Gasteiger partial charge < -0.3 is 29.6 Å². The molecule has 2 aliphatic heterocycles. The van der Waals surface area contributed by atoms with Crippen LogP contribution in [0.2, 0.25) is 0 Å². The molecule has 1 spiro atoms. The lowest BCUT2D eigenvalue weighted by atomic mass is 9.48. The van der Waals surface area contributed by atoms with Crippen molar-refractivity contribution in [2.45, 2.75) is 61.4 Å². The number of phenols is 2. The summed E-state index contributed by atoms with van der Waals surface area (Å²) in [5, 5.41) is 44.3. The van der Waals surface area contributed by atoms with E-state index in [9.17, 15) is 25.2 Å². The largest absolute Gasteiger partial charge is 0.504 e. The van der Waals surface area contributed by atoms with Gasteiger partial charge in [0.05, 0.1) is 25.6 Å². The Morgan fingerprint density at radius 2 is 2.04 bits per heavy atom. The van der Waals surface area contributed by atoms with Gasteiger partial charge in [0.1, 0.15) is 17.7 Å². The number of ether oxygens (including phenoxy) is 1. The molecule has 1 aromatic rings. The molecule has 3 fully saturated rings. The number of likely N-dealkylation sites (N-methyl/N-ethyl adjacent to an activating group) is 1. The molecule has 2 bridgehead atoms. The van der Waals surface area contributed by atoms with Crippen molar-refractivity contribution < 1.29 is 34.4 Å². The van der Waals surface area contributed by atoms with Gasteiger partial charge in [-0.15, -0.1) is 0 Å². The molecule has 1 aromatic carbocycles. The fourth-order valence-electron chi connectivity index (χ4n) is 7.10. The number of aliphatic hydroxyl groups excluding tert-OH is 1. The number of aromatic hydroxyl groups is 2. The molecular weight excluding hydrogens is 362 g/mol. The van der Waals surface area contributed by atoms with E-state index >= 15 is 0 Å². The molecule has 28 heavy (non-hydrogen) atoms. The molecule has 2 saturated carbocycles. The van der Waals surface area contributed by atoms with E-state index in [1.54, 1.807) is 0 Å². The first-order chi connectivity index (χ1) is 13.2. The smallest absolute Gasteiger partial charge is 0.200 e. The molecule has 1 saturated heterocycles. The molecule has 6 atom stereocenters. The van der Waals surface area contributed by atoms with Gasteiger partial charge in [-0.2, -0.15) is 0 Å². The molecule has 0 aromatic heterocycles. The summed E-state index contributed by atoms with van der Waals surface area (Å²) < 4.78 is 6.50. The number of aliphatic hydroxyl groups is 2. The van der Waals surface area contributed by atoms with Gasteiger partial charge in [-0.05, 0) is 30.9 Å². The van der Waals surface area contributed by atoms with Crippen LogP contribution in [0, 0.1) is 5.92 Å². The number of phenolic OH excluding ortho intramolecular Hbond substituents is 2. The molecule has 0 radical (unpaired) electrons. The van der Waals surface area contributed by atoms with E-state index in [0.717, 1.165) is 13.1 Å². The predicted molar refractivity (Wildman–Crippen MR) is 97.1 cm³/mol. The Hall–Kier alpha value is -1.83. The third kappa shape index (κ3) is 1.67. The zero-order valence-electron chi connectivity index (χ0n) is 15.9. The van der Waals surface area contributed by atoms with Crippen molar-refractivity contribution in [2.24, 2.45) is 5.92 Å². The van der Waals surface area contributed by atoms with Crippen molar-refractivity contribution in [2.75, 3.05) is 20.1 Å². The van der Waals surface area contributed by atoms with Gasteiger partial charge in [-0.25, -0.2) is 0 Å². The minimum absolute atomic E-state index is 0.0597. The molecule has 3 aliphatic carbocycles. The summed E-state index contributed by atoms with van der Waals surface area (Å²) in [6.07, 6.45) is 1.50. The fraction of sp³-hybridized carbons (Fsp3) is 0.667. The standard InChI is InChI=1S/C21H25NO6/c1-22(9-10-2-3-10)7-6-20-14-11-8-13(24)16(26)17(14)28-19(20)12(23)4-5-21(20,27)18(22)15(11)25/h8,10,15,18-19,25,27H,2-7,9H2,1H3,(H-,24,26)/p+1/t15?,18-,19+,20+,21-,22-/m1/s1. The predicted octanol–water partition coefficient (Wildman–Crippen LogP) is 0.866. The van der Waals surface area contributed by atoms with Gasteiger partial charge in [0, 0.05) is 24.3 Å². The normalized spacial score (nSPS) is 45.5. The highest BCUT2D eigenvalue weighted by Gasteiger charge is 2.78. The van der Waals surface area contributed by atoms with Gasteiger partial charge in [0.2, 0.25) is 5.75 Å². The maximum Gasteiger partial charge on any atom is 0.200 e. The van der Waals surface area contributed by atoms with Crippen molar-refractivity contribution in [3.8, 4) is 17.2 Å². The zero-order chi connectivity index (χ0) is 19.6. The lowest BCUT2D eigenvalue weighted by molar-refractivity contribution is -0.955. The Balaban J connectivity index is 1.65. The molecule has 7 nitrogen and oxygen atoms in total. The summed E-state index contributed by atoms with van der Waals surface area (Å²) in [5.41, 5.74) is -1.25. The van der Waals surface area contributed by atoms with E-state index in [4.69, 9.17) is 4.74 Å². The van der Waals surface area contributed by atoms with Crippen LogP contribution < -0.4 is 4.74 Å². The topological polar surface area (TPSA) is 107 Å². The second-order valence-corrected chi connectivity index (χ2v) is 9.87. The Labute approximate surface area is 162 Å². The Kier molecular flexibility index (Phi) is 2.94. The summed E-state index contributed by atoms with van der Waals surface area (Å²) in [6.45, 7) is 1.63. The van der Waals surface area contributed by atoms with Gasteiger partial charge in [-0.1, -0.05) is 0 Å². The number of piperidine rings is 1. The average Bonchev–Trinajstić information content (AvgIpc) is 3.36. The molecular formula is C21H26NO6+. The summed E-state index contributed by atoms with van der Waals surface area (Å²) in [5.74, 6) is -0.191. The number of hydrogen-bond donors (Lipinski definition) is 4. The van der Waals surface area contributed by atoms with Gasteiger partial charge in [0.15, 0.2) is 23.4 Å². The summed E-state index contributed by atoms with van der Waals surface area (Å²) in [7, 11) is 2.10. The molecule has 0 amide bonds. The van der Waals surface area contributed by atoms with Crippen LogP contribution in [0.4, 0.5) is 0 Å². The van der Waals surface area contributed by atoms with Crippen molar-refractivity contribution in [1.82, 2.24) is 0 Å². The minimum atomic E-state index is -1.30.